The highest BCUT2D eigenvalue weighted by molar-refractivity contribution is 9.11. The van der Waals surface area contributed by atoms with E-state index in [0.29, 0.717) is 29.8 Å². The number of aryl methyl sites for hydroxylation is 1. The molecule has 0 atom stereocenters. The lowest BCUT2D eigenvalue weighted by molar-refractivity contribution is -0.136. The van der Waals surface area contributed by atoms with Crippen LogP contribution in [0.3, 0.4) is 0 Å². The molecule has 2 aromatic carbocycles. The molecule has 2 rings (SSSR count). The second kappa shape index (κ2) is 9.62. The molecular formula is C19H20Br2ClNO3. The second-order valence-corrected chi connectivity index (χ2v) is 8.36. The summed E-state index contributed by atoms with van der Waals surface area (Å²) in [5, 5.41) is 12.8. The summed E-state index contributed by atoms with van der Waals surface area (Å²) in [5.74, 6) is -0.147. The first kappa shape index (κ1) is 21.1. The minimum Gasteiger partial charge on any atom is -0.487 e. The highest BCUT2D eigenvalue weighted by atomic mass is 79.9. The van der Waals surface area contributed by atoms with Crippen molar-refractivity contribution in [2.75, 3.05) is 5.32 Å². The van der Waals surface area contributed by atoms with Crippen molar-refractivity contribution in [3.8, 4) is 5.75 Å². The van der Waals surface area contributed by atoms with E-state index in [1.807, 2.05) is 30.3 Å². The molecule has 2 aromatic rings. The van der Waals surface area contributed by atoms with Crippen LogP contribution < -0.4 is 10.1 Å². The standard InChI is InChI=1S/C19H20Br2ClNO3/c1-11(2)23-15-6-13(5-14(22)9-15)10-26-19-16(20)7-12(8-17(19)21)3-4-18(24)25/h5-9,11,23H,3-4,10H2,1-2H3,(H,24,25). The van der Waals surface area contributed by atoms with Crippen LogP contribution in [0.15, 0.2) is 39.3 Å². The predicted octanol–water partition coefficient (Wildman–Crippen LogP) is 6.28. The van der Waals surface area contributed by atoms with Gasteiger partial charge in [-0.3, -0.25) is 4.79 Å². The number of carboxylic acids is 1. The first-order chi connectivity index (χ1) is 12.2. The van der Waals surface area contributed by atoms with Gasteiger partial charge in [0.1, 0.15) is 12.4 Å². The molecule has 0 aromatic heterocycles. The van der Waals surface area contributed by atoms with E-state index in [-0.39, 0.29) is 6.42 Å². The van der Waals surface area contributed by atoms with Gasteiger partial charge in [-0.2, -0.15) is 0 Å². The number of nitrogens with one attached hydrogen (secondary N) is 1. The number of hydrogen-bond acceptors (Lipinski definition) is 3. The first-order valence-electron chi connectivity index (χ1n) is 8.13. The third kappa shape index (κ3) is 6.49. The monoisotopic (exact) mass is 503 g/mol. The molecule has 0 saturated heterocycles. The quantitative estimate of drug-likeness (QED) is 0.443. The molecule has 0 amide bonds. The van der Waals surface area contributed by atoms with Gasteiger partial charge in [-0.05, 0) is 93.6 Å². The van der Waals surface area contributed by atoms with Crippen LogP contribution in [0.4, 0.5) is 5.69 Å². The van der Waals surface area contributed by atoms with E-state index in [2.05, 4.69) is 51.0 Å². The molecular weight excluding hydrogens is 485 g/mol. The fraction of sp³-hybridized carbons (Fsp3) is 0.316. The number of hydrogen-bond donors (Lipinski definition) is 2. The van der Waals surface area contributed by atoms with E-state index in [4.69, 9.17) is 21.4 Å². The first-order valence-corrected chi connectivity index (χ1v) is 10.1. The molecule has 0 saturated carbocycles. The third-order valence-electron chi connectivity index (χ3n) is 3.48. The molecule has 26 heavy (non-hydrogen) atoms. The van der Waals surface area contributed by atoms with Crippen molar-refractivity contribution >= 4 is 55.1 Å². The topological polar surface area (TPSA) is 58.6 Å². The summed E-state index contributed by atoms with van der Waals surface area (Å²) in [6.07, 6.45) is 0.554. The van der Waals surface area contributed by atoms with Crippen LogP contribution in [0.5, 0.6) is 5.75 Å². The van der Waals surface area contributed by atoms with Crippen LogP contribution in [0.1, 0.15) is 31.4 Å². The highest BCUT2D eigenvalue weighted by Crippen LogP contribution is 2.36. The number of benzene rings is 2. The Bertz CT molecular complexity index is 773. The van der Waals surface area contributed by atoms with Crippen LogP contribution >= 0.6 is 43.5 Å². The van der Waals surface area contributed by atoms with E-state index in [1.165, 1.54) is 0 Å². The lowest BCUT2D eigenvalue weighted by Crippen LogP contribution is -2.10. The zero-order valence-corrected chi connectivity index (χ0v) is 18.4. The summed E-state index contributed by atoms with van der Waals surface area (Å²) in [5.41, 5.74) is 2.83. The predicted molar refractivity (Wildman–Crippen MR) is 112 cm³/mol. The summed E-state index contributed by atoms with van der Waals surface area (Å²) >= 11 is 13.2. The van der Waals surface area contributed by atoms with Gasteiger partial charge in [0.05, 0.1) is 8.95 Å². The Morgan fingerprint density at radius 2 is 1.81 bits per heavy atom. The van der Waals surface area contributed by atoms with Crippen molar-refractivity contribution in [2.45, 2.75) is 39.3 Å². The van der Waals surface area contributed by atoms with Gasteiger partial charge < -0.3 is 15.2 Å². The molecule has 0 fully saturated rings. The van der Waals surface area contributed by atoms with Crippen LogP contribution in [-0.2, 0) is 17.8 Å². The van der Waals surface area contributed by atoms with Gasteiger partial charge in [0.15, 0.2) is 0 Å². The number of aliphatic carboxylic acids is 1. The van der Waals surface area contributed by atoms with Gasteiger partial charge in [0, 0.05) is 23.2 Å². The summed E-state index contributed by atoms with van der Waals surface area (Å²) in [4.78, 5) is 10.7. The molecule has 2 N–H and O–H groups in total. The number of anilines is 1. The third-order valence-corrected chi connectivity index (χ3v) is 4.88. The zero-order valence-electron chi connectivity index (χ0n) is 14.5. The average Bonchev–Trinajstić information content (AvgIpc) is 2.50. The number of carboxylic acid groups (broad SMARTS) is 1. The maximum absolute atomic E-state index is 10.7. The van der Waals surface area contributed by atoms with Gasteiger partial charge in [-0.1, -0.05) is 11.6 Å². The number of rotatable bonds is 8. The molecule has 0 aliphatic rings. The van der Waals surface area contributed by atoms with Crippen molar-refractivity contribution in [3.63, 3.8) is 0 Å². The van der Waals surface area contributed by atoms with Gasteiger partial charge in [0.25, 0.3) is 0 Å². The van der Waals surface area contributed by atoms with Crippen molar-refractivity contribution in [1.29, 1.82) is 0 Å². The van der Waals surface area contributed by atoms with Crippen molar-refractivity contribution in [1.82, 2.24) is 0 Å². The van der Waals surface area contributed by atoms with E-state index in [9.17, 15) is 4.79 Å². The largest absolute Gasteiger partial charge is 0.487 e. The Morgan fingerprint density at radius 1 is 1.15 bits per heavy atom. The Labute approximate surface area is 175 Å². The molecule has 140 valence electrons. The Hall–Kier alpha value is -1.24. The van der Waals surface area contributed by atoms with E-state index in [0.717, 1.165) is 25.8 Å². The van der Waals surface area contributed by atoms with Gasteiger partial charge in [0.2, 0.25) is 0 Å². The molecule has 7 heteroatoms. The minimum absolute atomic E-state index is 0.0905. The SMILES string of the molecule is CC(C)Nc1cc(Cl)cc(COc2c(Br)cc(CCC(=O)O)cc2Br)c1. The van der Waals surface area contributed by atoms with Crippen LogP contribution in [0.25, 0.3) is 0 Å². The number of halogens is 3. The second-order valence-electron chi connectivity index (χ2n) is 6.22. The average molecular weight is 506 g/mol. The molecule has 0 aliphatic heterocycles. The summed E-state index contributed by atoms with van der Waals surface area (Å²) in [7, 11) is 0. The van der Waals surface area contributed by atoms with E-state index < -0.39 is 5.97 Å². The lowest BCUT2D eigenvalue weighted by Gasteiger charge is -2.15. The molecule has 0 spiro atoms. The van der Waals surface area contributed by atoms with Gasteiger partial charge in [-0.25, -0.2) is 0 Å². The Balaban J connectivity index is 2.12. The van der Waals surface area contributed by atoms with Crippen molar-refractivity contribution < 1.29 is 14.6 Å². The molecule has 0 unspecified atom stereocenters. The van der Waals surface area contributed by atoms with E-state index in [1.54, 1.807) is 0 Å². The van der Waals surface area contributed by atoms with Crippen molar-refractivity contribution in [3.05, 3.63) is 55.4 Å². The van der Waals surface area contributed by atoms with Crippen molar-refractivity contribution in [2.24, 2.45) is 0 Å². The highest BCUT2D eigenvalue weighted by Gasteiger charge is 2.11. The molecule has 0 aliphatic carbocycles. The maximum Gasteiger partial charge on any atom is 0.303 e. The van der Waals surface area contributed by atoms with Gasteiger partial charge in [-0.15, -0.1) is 0 Å². The summed E-state index contributed by atoms with van der Waals surface area (Å²) in [6, 6.07) is 9.84. The number of carbonyl (C=O) groups is 1. The zero-order chi connectivity index (χ0) is 19.3. The van der Waals surface area contributed by atoms with Gasteiger partial charge >= 0.3 is 5.97 Å². The van der Waals surface area contributed by atoms with E-state index >= 15 is 0 Å². The maximum atomic E-state index is 10.7. The molecule has 0 bridgehead atoms. The van der Waals surface area contributed by atoms with Crippen LogP contribution in [0.2, 0.25) is 5.02 Å². The summed E-state index contributed by atoms with van der Waals surface area (Å²) in [6.45, 7) is 4.49. The lowest BCUT2D eigenvalue weighted by atomic mass is 10.1. The molecule has 0 radical (unpaired) electrons. The smallest absolute Gasteiger partial charge is 0.303 e. The fourth-order valence-electron chi connectivity index (χ4n) is 2.45. The molecule has 4 nitrogen and oxygen atoms in total. The summed E-state index contributed by atoms with van der Waals surface area (Å²) < 4.78 is 7.50. The number of ether oxygens (including phenoxy) is 1. The Morgan fingerprint density at radius 3 is 2.38 bits per heavy atom. The van der Waals surface area contributed by atoms with Crippen LogP contribution in [-0.4, -0.2) is 17.1 Å². The molecule has 0 heterocycles. The normalized spacial score (nSPS) is 10.8. The fourth-order valence-corrected chi connectivity index (χ4v) is 4.22. The Kier molecular flexibility index (Phi) is 7.80. The van der Waals surface area contributed by atoms with Crippen LogP contribution in [0, 0.1) is 0 Å². The minimum atomic E-state index is -0.815.